The van der Waals surface area contributed by atoms with Gasteiger partial charge in [0.2, 0.25) is 0 Å². The fourth-order valence-electron chi connectivity index (χ4n) is 3.91. The van der Waals surface area contributed by atoms with Crippen LogP contribution in [0.15, 0.2) is 109 Å². The first kappa shape index (κ1) is 21.7. The van der Waals surface area contributed by atoms with E-state index in [2.05, 4.69) is 118 Å². The van der Waals surface area contributed by atoms with E-state index in [0.29, 0.717) is 11.6 Å². The lowest BCUT2D eigenvalue weighted by atomic mass is 9.95. The fourth-order valence-corrected chi connectivity index (χ4v) is 3.91. The Labute approximate surface area is 201 Å². The minimum Gasteiger partial charge on any atom is -0.212 e. The quantitative estimate of drug-likeness (QED) is 0.285. The molecule has 34 heavy (non-hydrogen) atoms. The standard InChI is InChI=1S/C31H27N3/c1-31(2,3)30-33-28(26-18-10-16-24(20-26)22-12-6-4-7-13-22)32-29(34-30)27-19-11-17-25(21-27)23-14-8-5-9-15-23/h4-21H,1-3H3. The lowest BCUT2D eigenvalue weighted by Crippen LogP contribution is -2.18. The van der Waals surface area contributed by atoms with Gasteiger partial charge in [-0.1, -0.05) is 118 Å². The highest BCUT2D eigenvalue weighted by Crippen LogP contribution is 2.30. The number of hydrogen-bond acceptors (Lipinski definition) is 3. The van der Waals surface area contributed by atoms with Gasteiger partial charge >= 0.3 is 0 Å². The van der Waals surface area contributed by atoms with Crippen LogP contribution in [0.3, 0.4) is 0 Å². The number of benzene rings is 4. The summed E-state index contributed by atoms with van der Waals surface area (Å²) < 4.78 is 0. The van der Waals surface area contributed by atoms with Gasteiger partial charge in [0.25, 0.3) is 0 Å². The molecule has 0 bridgehead atoms. The van der Waals surface area contributed by atoms with Gasteiger partial charge in [-0.3, -0.25) is 0 Å². The van der Waals surface area contributed by atoms with Crippen molar-refractivity contribution in [3.63, 3.8) is 0 Å². The third kappa shape index (κ3) is 4.65. The minimum absolute atomic E-state index is 0.208. The third-order valence-electron chi connectivity index (χ3n) is 5.76. The summed E-state index contributed by atoms with van der Waals surface area (Å²) in [5.41, 5.74) is 6.38. The van der Waals surface area contributed by atoms with E-state index in [1.54, 1.807) is 0 Å². The van der Waals surface area contributed by atoms with Gasteiger partial charge in [-0.2, -0.15) is 0 Å². The van der Waals surface area contributed by atoms with Crippen LogP contribution >= 0.6 is 0 Å². The van der Waals surface area contributed by atoms with E-state index >= 15 is 0 Å². The molecule has 166 valence electrons. The molecule has 3 heteroatoms. The second-order valence-electron chi connectivity index (χ2n) is 9.45. The Balaban J connectivity index is 1.63. The molecule has 0 fully saturated rings. The molecule has 0 unspecified atom stereocenters. The molecule has 0 saturated carbocycles. The summed E-state index contributed by atoms with van der Waals surface area (Å²) in [6.45, 7) is 6.41. The van der Waals surface area contributed by atoms with Gasteiger partial charge in [-0.05, 0) is 34.4 Å². The van der Waals surface area contributed by atoms with Crippen LogP contribution in [-0.4, -0.2) is 15.0 Å². The molecule has 1 heterocycles. The van der Waals surface area contributed by atoms with E-state index in [-0.39, 0.29) is 5.41 Å². The summed E-state index contributed by atoms with van der Waals surface area (Å²) in [6.07, 6.45) is 0. The van der Waals surface area contributed by atoms with Crippen molar-refractivity contribution in [2.45, 2.75) is 26.2 Å². The van der Waals surface area contributed by atoms with E-state index < -0.39 is 0 Å². The van der Waals surface area contributed by atoms with Crippen LogP contribution in [0.5, 0.6) is 0 Å². The Hall–Kier alpha value is -4.11. The molecule has 0 atom stereocenters. The molecule has 0 amide bonds. The molecule has 0 aliphatic rings. The second-order valence-corrected chi connectivity index (χ2v) is 9.45. The van der Waals surface area contributed by atoms with Gasteiger partial charge in [0.15, 0.2) is 11.6 Å². The van der Waals surface area contributed by atoms with Crippen LogP contribution in [0.2, 0.25) is 0 Å². The normalized spacial score (nSPS) is 11.4. The Morgan fingerprint density at radius 2 is 0.794 bits per heavy atom. The molecular weight excluding hydrogens is 414 g/mol. The summed E-state index contributed by atoms with van der Waals surface area (Å²) in [6, 6.07) is 37.6. The first-order valence-corrected chi connectivity index (χ1v) is 11.6. The highest BCUT2D eigenvalue weighted by atomic mass is 15.0. The van der Waals surface area contributed by atoms with Crippen LogP contribution in [0.4, 0.5) is 0 Å². The maximum absolute atomic E-state index is 4.93. The summed E-state index contributed by atoms with van der Waals surface area (Å²) in [4.78, 5) is 14.7. The molecule has 1 aromatic heterocycles. The third-order valence-corrected chi connectivity index (χ3v) is 5.76. The van der Waals surface area contributed by atoms with Crippen LogP contribution < -0.4 is 0 Å². The monoisotopic (exact) mass is 441 g/mol. The molecule has 0 aliphatic carbocycles. The number of rotatable bonds is 4. The largest absolute Gasteiger partial charge is 0.212 e. The summed E-state index contributed by atoms with van der Waals surface area (Å²) in [5, 5.41) is 0. The van der Waals surface area contributed by atoms with Crippen LogP contribution in [0.25, 0.3) is 45.0 Å². The van der Waals surface area contributed by atoms with Crippen LogP contribution in [-0.2, 0) is 5.41 Å². The van der Waals surface area contributed by atoms with Crippen LogP contribution in [0, 0.1) is 0 Å². The van der Waals surface area contributed by atoms with Gasteiger partial charge in [0, 0.05) is 16.5 Å². The lowest BCUT2D eigenvalue weighted by molar-refractivity contribution is 0.543. The van der Waals surface area contributed by atoms with Gasteiger partial charge < -0.3 is 0 Å². The number of hydrogen-bond donors (Lipinski definition) is 0. The van der Waals surface area contributed by atoms with E-state index in [9.17, 15) is 0 Å². The van der Waals surface area contributed by atoms with Gasteiger partial charge in [0.1, 0.15) is 5.82 Å². The Morgan fingerprint density at radius 1 is 0.412 bits per heavy atom. The molecule has 0 aliphatic heterocycles. The molecular formula is C31H27N3. The Kier molecular flexibility index (Phi) is 5.77. The molecule has 0 radical (unpaired) electrons. The molecule has 4 aromatic carbocycles. The number of nitrogens with zero attached hydrogens (tertiary/aromatic N) is 3. The average molecular weight is 442 g/mol. The average Bonchev–Trinajstić information content (AvgIpc) is 2.89. The highest BCUT2D eigenvalue weighted by molar-refractivity contribution is 5.73. The highest BCUT2D eigenvalue weighted by Gasteiger charge is 2.21. The molecule has 5 aromatic rings. The maximum atomic E-state index is 4.93. The topological polar surface area (TPSA) is 38.7 Å². The van der Waals surface area contributed by atoms with Gasteiger partial charge in [0.05, 0.1) is 0 Å². The zero-order valence-electron chi connectivity index (χ0n) is 19.7. The molecule has 3 nitrogen and oxygen atoms in total. The Morgan fingerprint density at radius 3 is 1.21 bits per heavy atom. The van der Waals surface area contributed by atoms with E-state index in [1.165, 1.54) is 11.1 Å². The van der Waals surface area contributed by atoms with E-state index in [4.69, 9.17) is 15.0 Å². The molecule has 0 N–H and O–H groups in total. The predicted octanol–water partition coefficient (Wildman–Crippen LogP) is 7.84. The van der Waals surface area contributed by atoms with Crippen molar-refractivity contribution in [1.82, 2.24) is 15.0 Å². The van der Waals surface area contributed by atoms with E-state index in [1.807, 2.05) is 12.1 Å². The SMILES string of the molecule is CC(C)(C)c1nc(-c2cccc(-c3ccccc3)c2)nc(-c2cccc(-c3ccccc3)c2)n1. The summed E-state index contributed by atoms with van der Waals surface area (Å²) >= 11 is 0. The fraction of sp³-hybridized carbons (Fsp3) is 0.129. The maximum Gasteiger partial charge on any atom is 0.163 e. The molecule has 0 spiro atoms. The van der Waals surface area contributed by atoms with Crippen molar-refractivity contribution >= 4 is 0 Å². The number of aromatic nitrogens is 3. The van der Waals surface area contributed by atoms with Gasteiger partial charge in [-0.25, -0.2) is 15.0 Å². The van der Waals surface area contributed by atoms with Crippen molar-refractivity contribution in [2.24, 2.45) is 0 Å². The van der Waals surface area contributed by atoms with Crippen molar-refractivity contribution in [3.05, 3.63) is 115 Å². The van der Waals surface area contributed by atoms with Crippen molar-refractivity contribution < 1.29 is 0 Å². The predicted molar refractivity (Wildman–Crippen MR) is 140 cm³/mol. The van der Waals surface area contributed by atoms with Crippen LogP contribution in [0.1, 0.15) is 26.6 Å². The van der Waals surface area contributed by atoms with Crippen molar-refractivity contribution in [2.75, 3.05) is 0 Å². The van der Waals surface area contributed by atoms with Crippen molar-refractivity contribution in [3.8, 4) is 45.0 Å². The summed E-state index contributed by atoms with van der Waals surface area (Å²) in [7, 11) is 0. The van der Waals surface area contributed by atoms with E-state index in [0.717, 1.165) is 28.1 Å². The zero-order chi connectivity index (χ0) is 23.5. The minimum atomic E-state index is -0.208. The van der Waals surface area contributed by atoms with Gasteiger partial charge in [-0.15, -0.1) is 0 Å². The Bertz CT molecular complexity index is 1320. The second kappa shape index (κ2) is 9.03. The smallest absolute Gasteiger partial charge is 0.163 e. The molecule has 0 saturated heterocycles. The first-order chi connectivity index (χ1) is 16.5. The van der Waals surface area contributed by atoms with Crippen molar-refractivity contribution in [1.29, 1.82) is 0 Å². The lowest BCUT2D eigenvalue weighted by Gasteiger charge is -2.18. The first-order valence-electron chi connectivity index (χ1n) is 11.6. The molecule has 5 rings (SSSR count). The summed E-state index contributed by atoms with van der Waals surface area (Å²) in [5.74, 6) is 2.17. The zero-order valence-corrected chi connectivity index (χ0v) is 19.7.